The van der Waals surface area contributed by atoms with Crippen LogP contribution in [-0.4, -0.2) is 18.0 Å². The number of aliphatic hydroxyl groups is 1. The number of hydrogen-bond acceptors (Lipinski definition) is 2. The number of hydrogen-bond donors (Lipinski definition) is 1. The summed E-state index contributed by atoms with van der Waals surface area (Å²) < 4.78 is 5.26. The Morgan fingerprint density at radius 1 is 1.42 bits per heavy atom. The van der Waals surface area contributed by atoms with Crippen molar-refractivity contribution in [2.75, 3.05) is 6.61 Å². The van der Waals surface area contributed by atoms with Crippen molar-refractivity contribution in [3.05, 3.63) is 12.2 Å². The zero-order valence-corrected chi connectivity index (χ0v) is 7.07. The molecule has 2 bridgehead atoms. The van der Waals surface area contributed by atoms with Gasteiger partial charge in [-0.3, -0.25) is 0 Å². The van der Waals surface area contributed by atoms with Crippen LogP contribution in [0.3, 0.4) is 0 Å². The van der Waals surface area contributed by atoms with Gasteiger partial charge < -0.3 is 9.84 Å². The summed E-state index contributed by atoms with van der Waals surface area (Å²) in [6, 6.07) is 0. The van der Waals surface area contributed by atoms with Gasteiger partial charge in [0.15, 0.2) is 6.29 Å². The molecule has 66 valence electrons. The number of rotatable bonds is 0. The summed E-state index contributed by atoms with van der Waals surface area (Å²) in [6.07, 6.45) is 7.56. The van der Waals surface area contributed by atoms with Crippen LogP contribution in [-0.2, 0) is 4.74 Å². The lowest BCUT2D eigenvalue weighted by Gasteiger charge is -2.32. The van der Waals surface area contributed by atoms with Crippen LogP contribution in [0.15, 0.2) is 12.2 Å². The van der Waals surface area contributed by atoms with Crippen LogP contribution < -0.4 is 0 Å². The molecule has 1 saturated carbocycles. The van der Waals surface area contributed by atoms with Crippen LogP contribution in [0.25, 0.3) is 0 Å². The maximum Gasteiger partial charge on any atom is 0.160 e. The molecule has 0 aromatic carbocycles. The molecule has 2 nitrogen and oxygen atoms in total. The van der Waals surface area contributed by atoms with Gasteiger partial charge in [0.1, 0.15) is 0 Å². The quantitative estimate of drug-likeness (QED) is 0.550. The van der Waals surface area contributed by atoms with Gasteiger partial charge >= 0.3 is 0 Å². The molecule has 3 aliphatic rings. The maximum atomic E-state index is 9.75. The van der Waals surface area contributed by atoms with Crippen molar-refractivity contribution < 1.29 is 9.84 Å². The predicted molar refractivity (Wildman–Crippen MR) is 44.4 cm³/mol. The minimum Gasteiger partial charge on any atom is -0.367 e. The van der Waals surface area contributed by atoms with Crippen molar-refractivity contribution in [1.82, 2.24) is 0 Å². The van der Waals surface area contributed by atoms with Crippen LogP contribution in [0, 0.1) is 17.3 Å². The van der Waals surface area contributed by atoms with Gasteiger partial charge in [-0.15, -0.1) is 0 Å². The molecule has 2 aliphatic carbocycles. The van der Waals surface area contributed by atoms with E-state index in [0.29, 0.717) is 5.92 Å². The molecule has 2 heteroatoms. The van der Waals surface area contributed by atoms with Gasteiger partial charge in [0, 0.05) is 5.41 Å². The van der Waals surface area contributed by atoms with Crippen molar-refractivity contribution in [3.8, 4) is 0 Å². The van der Waals surface area contributed by atoms with Crippen LogP contribution in [0.2, 0.25) is 0 Å². The fourth-order valence-corrected chi connectivity index (χ4v) is 3.21. The molecular weight excluding hydrogens is 152 g/mol. The summed E-state index contributed by atoms with van der Waals surface area (Å²) in [5.41, 5.74) is 0.111. The van der Waals surface area contributed by atoms with Crippen molar-refractivity contribution in [3.63, 3.8) is 0 Å². The second-order valence-corrected chi connectivity index (χ2v) is 4.40. The molecule has 1 N–H and O–H groups in total. The average molecular weight is 166 g/mol. The maximum absolute atomic E-state index is 9.75. The summed E-state index contributed by atoms with van der Waals surface area (Å²) in [4.78, 5) is 0. The van der Waals surface area contributed by atoms with E-state index in [-0.39, 0.29) is 5.41 Å². The van der Waals surface area contributed by atoms with Crippen LogP contribution >= 0.6 is 0 Å². The molecule has 0 aromatic heterocycles. The fraction of sp³-hybridized carbons (Fsp3) is 0.800. The summed E-state index contributed by atoms with van der Waals surface area (Å²) in [5.74, 6) is 1.33. The molecular formula is C10H14O2. The monoisotopic (exact) mass is 166 g/mol. The first-order valence-corrected chi connectivity index (χ1v) is 4.79. The number of ether oxygens (including phenoxy) is 1. The third-order valence-corrected chi connectivity index (χ3v) is 3.89. The topological polar surface area (TPSA) is 29.5 Å². The molecule has 4 atom stereocenters. The standard InChI is InChI=1S/C10H14O2/c11-9-10(3-4-12-9)6-7-1-2-8(10)5-7/h1-2,7-9,11H,3-6H2. The number of fused-ring (bicyclic) bond motifs is 3. The van der Waals surface area contributed by atoms with Crippen molar-refractivity contribution >= 4 is 0 Å². The highest BCUT2D eigenvalue weighted by Crippen LogP contribution is 2.58. The first-order chi connectivity index (χ1) is 5.81. The van der Waals surface area contributed by atoms with Gasteiger partial charge in [0.25, 0.3) is 0 Å². The fourth-order valence-electron chi connectivity index (χ4n) is 3.21. The summed E-state index contributed by atoms with van der Waals surface area (Å²) in [6.45, 7) is 0.748. The smallest absolute Gasteiger partial charge is 0.160 e. The molecule has 3 rings (SSSR count). The largest absolute Gasteiger partial charge is 0.367 e. The van der Waals surface area contributed by atoms with Gasteiger partial charge in [0.05, 0.1) is 6.61 Å². The molecule has 1 saturated heterocycles. The lowest BCUT2D eigenvalue weighted by Crippen LogP contribution is -2.34. The number of allylic oxidation sites excluding steroid dienone is 2. The Labute approximate surface area is 72.2 Å². The van der Waals surface area contributed by atoms with E-state index in [1.807, 2.05) is 0 Å². The molecule has 2 fully saturated rings. The molecule has 1 aliphatic heterocycles. The molecule has 0 amide bonds. The minimum atomic E-state index is -0.488. The Bertz CT molecular complexity index is 236. The Morgan fingerprint density at radius 3 is 2.83 bits per heavy atom. The van der Waals surface area contributed by atoms with E-state index >= 15 is 0 Å². The van der Waals surface area contributed by atoms with E-state index in [1.54, 1.807) is 0 Å². The second-order valence-electron chi connectivity index (χ2n) is 4.40. The molecule has 0 radical (unpaired) electrons. The van der Waals surface area contributed by atoms with Gasteiger partial charge in [-0.05, 0) is 31.1 Å². The van der Waals surface area contributed by atoms with Crippen molar-refractivity contribution in [2.24, 2.45) is 17.3 Å². The first kappa shape index (κ1) is 7.10. The zero-order chi connectivity index (χ0) is 8.18. The first-order valence-electron chi connectivity index (χ1n) is 4.79. The lowest BCUT2D eigenvalue weighted by molar-refractivity contribution is -0.125. The SMILES string of the molecule is OC1OCCC12CC1C=CC2C1. The molecule has 1 spiro atoms. The van der Waals surface area contributed by atoms with Crippen molar-refractivity contribution in [1.29, 1.82) is 0 Å². The highest BCUT2D eigenvalue weighted by atomic mass is 16.6. The Kier molecular flexibility index (Phi) is 1.25. The van der Waals surface area contributed by atoms with Crippen LogP contribution in [0.1, 0.15) is 19.3 Å². The predicted octanol–water partition coefficient (Wildman–Crippen LogP) is 1.31. The highest BCUT2D eigenvalue weighted by Gasteiger charge is 2.55. The third-order valence-electron chi connectivity index (χ3n) is 3.89. The van der Waals surface area contributed by atoms with Gasteiger partial charge in [-0.2, -0.15) is 0 Å². The lowest BCUT2D eigenvalue weighted by atomic mass is 9.74. The van der Waals surface area contributed by atoms with E-state index in [9.17, 15) is 5.11 Å². The Hall–Kier alpha value is -0.340. The summed E-state index contributed by atoms with van der Waals surface area (Å²) in [7, 11) is 0. The summed E-state index contributed by atoms with van der Waals surface area (Å²) in [5, 5.41) is 9.75. The minimum absolute atomic E-state index is 0.111. The van der Waals surface area contributed by atoms with Crippen LogP contribution in [0.4, 0.5) is 0 Å². The average Bonchev–Trinajstić information content (AvgIpc) is 2.69. The van der Waals surface area contributed by atoms with E-state index in [0.717, 1.165) is 25.4 Å². The molecule has 1 heterocycles. The van der Waals surface area contributed by atoms with E-state index in [4.69, 9.17) is 4.74 Å². The van der Waals surface area contributed by atoms with Gasteiger partial charge in [-0.1, -0.05) is 12.2 Å². The Morgan fingerprint density at radius 2 is 2.33 bits per heavy atom. The zero-order valence-electron chi connectivity index (χ0n) is 7.07. The van der Waals surface area contributed by atoms with E-state index in [2.05, 4.69) is 12.2 Å². The van der Waals surface area contributed by atoms with Crippen LogP contribution in [0.5, 0.6) is 0 Å². The third kappa shape index (κ3) is 0.679. The molecule has 4 unspecified atom stereocenters. The summed E-state index contributed by atoms with van der Waals surface area (Å²) >= 11 is 0. The van der Waals surface area contributed by atoms with Gasteiger partial charge in [-0.25, -0.2) is 0 Å². The Balaban J connectivity index is 1.97. The van der Waals surface area contributed by atoms with E-state index in [1.165, 1.54) is 6.42 Å². The number of aliphatic hydroxyl groups excluding tert-OH is 1. The van der Waals surface area contributed by atoms with Crippen molar-refractivity contribution in [2.45, 2.75) is 25.6 Å². The normalized spacial score (nSPS) is 55.9. The van der Waals surface area contributed by atoms with Gasteiger partial charge in [0.2, 0.25) is 0 Å². The molecule has 0 aromatic rings. The second kappa shape index (κ2) is 2.12. The molecule has 12 heavy (non-hydrogen) atoms. The highest BCUT2D eigenvalue weighted by molar-refractivity contribution is 5.17. The van der Waals surface area contributed by atoms with E-state index < -0.39 is 6.29 Å².